The van der Waals surface area contributed by atoms with E-state index in [0.29, 0.717) is 25.0 Å². The first-order valence-electron chi connectivity index (χ1n) is 5.10. The van der Waals surface area contributed by atoms with Crippen LogP contribution in [0.5, 0.6) is 0 Å². The van der Waals surface area contributed by atoms with Gasteiger partial charge in [-0.3, -0.25) is 0 Å². The van der Waals surface area contributed by atoms with Crippen molar-refractivity contribution < 1.29 is 10.0 Å². The second-order valence-corrected chi connectivity index (χ2v) is 6.00. The molecule has 0 aliphatic heterocycles. The van der Waals surface area contributed by atoms with Gasteiger partial charge < -0.3 is 14.7 Å². The zero-order valence-electron chi connectivity index (χ0n) is 8.89. The minimum atomic E-state index is -1.55. The average Bonchev–Trinajstić information content (AvgIpc) is 3.01. The lowest BCUT2D eigenvalue weighted by atomic mass is 9.81. The molecule has 1 aliphatic carbocycles. The van der Waals surface area contributed by atoms with E-state index in [4.69, 9.17) is 21.6 Å². The molecule has 16 heavy (non-hydrogen) atoms. The number of pyridine rings is 1. The molecule has 0 saturated heterocycles. The molecule has 1 atom stereocenters. The van der Waals surface area contributed by atoms with Gasteiger partial charge in [-0.2, -0.15) is 0 Å². The van der Waals surface area contributed by atoms with Gasteiger partial charge in [0.1, 0.15) is 5.82 Å². The SMILES string of the molecule is CN(PC1CC1)c1nccc(B(O)O)c1Cl. The fourth-order valence-corrected chi connectivity index (χ4v) is 3.10. The van der Waals surface area contributed by atoms with Crippen molar-refractivity contribution in [2.24, 2.45) is 0 Å². The zero-order valence-corrected chi connectivity index (χ0v) is 10.6. The predicted molar refractivity (Wildman–Crippen MR) is 68.8 cm³/mol. The van der Waals surface area contributed by atoms with E-state index in [1.165, 1.54) is 18.9 Å². The summed E-state index contributed by atoms with van der Waals surface area (Å²) in [6.07, 6.45) is 4.08. The first kappa shape index (κ1) is 12.1. The second-order valence-electron chi connectivity index (χ2n) is 3.87. The molecule has 86 valence electrons. The highest BCUT2D eigenvalue weighted by molar-refractivity contribution is 7.41. The molecule has 1 aromatic heterocycles. The quantitative estimate of drug-likeness (QED) is 0.614. The topological polar surface area (TPSA) is 56.6 Å². The molecule has 1 fully saturated rings. The number of hydrogen-bond donors (Lipinski definition) is 2. The lowest BCUT2D eigenvalue weighted by Gasteiger charge is -2.19. The standard InChI is InChI=1S/C9H13BClN2O2P/c1-13(16-6-2-3-6)9-8(11)7(10(14)15)4-5-12-9/h4-6,14-16H,2-3H2,1H3. The highest BCUT2D eigenvalue weighted by Crippen LogP contribution is 2.43. The molecule has 0 aromatic carbocycles. The van der Waals surface area contributed by atoms with Gasteiger partial charge in [0.05, 0.1) is 5.02 Å². The Morgan fingerprint density at radius 1 is 1.56 bits per heavy atom. The van der Waals surface area contributed by atoms with Crippen molar-refractivity contribution >= 4 is 38.7 Å². The smallest absolute Gasteiger partial charge is 0.423 e. The lowest BCUT2D eigenvalue weighted by Crippen LogP contribution is -2.32. The molecule has 0 amide bonds. The Morgan fingerprint density at radius 3 is 2.81 bits per heavy atom. The van der Waals surface area contributed by atoms with E-state index in [0.717, 1.165) is 5.66 Å². The molecule has 0 radical (unpaired) electrons. The Morgan fingerprint density at radius 2 is 2.25 bits per heavy atom. The highest BCUT2D eigenvalue weighted by Gasteiger charge is 2.26. The van der Waals surface area contributed by atoms with Gasteiger partial charge in [0.15, 0.2) is 0 Å². The summed E-state index contributed by atoms with van der Waals surface area (Å²) in [5.41, 5.74) is 1.06. The number of hydrogen-bond acceptors (Lipinski definition) is 4. The van der Waals surface area contributed by atoms with Crippen LogP contribution in [-0.4, -0.2) is 34.9 Å². The summed E-state index contributed by atoms with van der Waals surface area (Å²) in [6, 6.07) is 1.52. The third-order valence-electron chi connectivity index (χ3n) is 2.45. The third kappa shape index (κ3) is 2.66. The minimum Gasteiger partial charge on any atom is -0.423 e. The minimum absolute atomic E-state index is 0.305. The molecule has 1 aromatic rings. The van der Waals surface area contributed by atoms with Crippen molar-refractivity contribution in [3.05, 3.63) is 17.3 Å². The molecule has 2 rings (SSSR count). The number of anilines is 1. The number of nitrogens with zero attached hydrogens (tertiary/aromatic N) is 2. The van der Waals surface area contributed by atoms with E-state index in [1.54, 1.807) is 6.20 Å². The molecule has 1 saturated carbocycles. The number of halogens is 1. The summed E-state index contributed by atoms with van der Waals surface area (Å²) in [5.74, 6) is 0.623. The van der Waals surface area contributed by atoms with E-state index in [9.17, 15) is 0 Å². The molecule has 1 unspecified atom stereocenters. The maximum absolute atomic E-state index is 9.13. The maximum Gasteiger partial charge on any atom is 0.490 e. The Balaban J connectivity index is 2.21. The molecule has 2 N–H and O–H groups in total. The van der Waals surface area contributed by atoms with Crippen molar-refractivity contribution in [2.45, 2.75) is 18.5 Å². The Bertz CT molecular complexity index is 390. The van der Waals surface area contributed by atoms with Crippen LogP contribution in [0.25, 0.3) is 0 Å². The summed E-state index contributed by atoms with van der Waals surface area (Å²) < 4.78 is 1.99. The van der Waals surface area contributed by atoms with Crippen molar-refractivity contribution in [1.29, 1.82) is 0 Å². The Kier molecular flexibility index (Phi) is 3.70. The molecular weight excluding hydrogens is 245 g/mol. The van der Waals surface area contributed by atoms with E-state index >= 15 is 0 Å². The van der Waals surface area contributed by atoms with Gasteiger partial charge in [0, 0.05) is 18.7 Å². The van der Waals surface area contributed by atoms with Crippen LogP contribution in [0, 0.1) is 0 Å². The van der Waals surface area contributed by atoms with Crippen molar-refractivity contribution in [3.63, 3.8) is 0 Å². The number of aromatic nitrogens is 1. The monoisotopic (exact) mass is 258 g/mol. The average molecular weight is 258 g/mol. The molecule has 4 nitrogen and oxygen atoms in total. The van der Waals surface area contributed by atoms with E-state index < -0.39 is 7.12 Å². The van der Waals surface area contributed by atoms with Crippen molar-refractivity contribution in [3.8, 4) is 0 Å². The predicted octanol–water partition coefficient (Wildman–Crippen LogP) is 0.607. The van der Waals surface area contributed by atoms with Crippen LogP contribution in [0.15, 0.2) is 12.3 Å². The van der Waals surface area contributed by atoms with Gasteiger partial charge in [-0.05, 0) is 33.3 Å². The summed E-state index contributed by atoms with van der Waals surface area (Å²) >= 11 is 6.08. The van der Waals surface area contributed by atoms with E-state index in [-0.39, 0.29) is 0 Å². The van der Waals surface area contributed by atoms with Crippen LogP contribution in [0.2, 0.25) is 5.02 Å². The van der Waals surface area contributed by atoms with Crippen LogP contribution < -0.4 is 10.1 Å². The summed E-state index contributed by atoms with van der Waals surface area (Å²) in [6.45, 7) is 0. The van der Waals surface area contributed by atoms with Gasteiger partial charge >= 0.3 is 7.12 Å². The van der Waals surface area contributed by atoms with Gasteiger partial charge in [-0.15, -0.1) is 0 Å². The highest BCUT2D eigenvalue weighted by atomic mass is 35.5. The van der Waals surface area contributed by atoms with Crippen molar-refractivity contribution in [2.75, 3.05) is 11.7 Å². The van der Waals surface area contributed by atoms with Gasteiger partial charge in [0.25, 0.3) is 0 Å². The zero-order chi connectivity index (χ0) is 11.7. The molecule has 0 bridgehead atoms. The van der Waals surface area contributed by atoms with E-state index in [1.807, 2.05) is 11.7 Å². The van der Waals surface area contributed by atoms with Crippen molar-refractivity contribution in [1.82, 2.24) is 4.98 Å². The molecule has 7 heteroatoms. The van der Waals surface area contributed by atoms with Crippen LogP contribution in [0.3, 0.4) is 0 Å². The van der Waals surface area contributed by atoms with Gasteiger partial charge in [-0.1, -0.05) is 11.6 Å². The van der Waals surface area contributed by atoms with E-state index in [2.05, 4.69) is 4.98 Å². The van der Waals surface area contributed by atoms with Gasteiger partial charge in [-0.25, -0.2) is 4.98 Å². The fraction of sp³-hybridized carbons (Fsp3) is 0.444. The molecule has 1 heterocycles. The number of rotatable bonds is 4. The van der Waals surface area contributed by atoms with Gasteiger partial charge in [0.2, 0.25) is 0 Å². The summed E-state index contributed by atoms with van der Waals surface area (Å²) in [4.78, 5) is 4.18. The largest absolute Gasteiger partial charge is 0.490 e. The molecule has 1 aliphatic rings. The normalized spacial score (nSPS) is 15.8. The van der Waals surface area contributed by atoms with Crippen LogP contribution >= 0.6 is 20.3 Å². The summed E-state index contributed by atoms with van der Waals surface area (Å²) in [7, 11) is 1.04. The second kappa shape index (κ2) is 4.88. The van der Waals surface area contributed by atoms with Crippen LogP contribution in [0.4, 0.5) is 5.82 Å². The Labute approximate surface area is 102 Å². The first-order chi connectivity index (χ1) is 7.59. The third-order valence-corrected chi connectivity index (χ3v) is 4.38. The molecule has 0 spiro atoms. The summed E-state index contributed by atoms with van der Waals surface area (Å²) in [5, 5.41) is 18.6. The Hall–Kier alpha value is -0.345. The maximum atomic E-state index is 9.13. The van der Waals surface area contributed by atoms with Crippen LogP contribution in [0.1, 0.15) is 12.8 Å². The van der Waals surface area contributed by atoms with Crippen LogP contribution in [-0.2, 0) is 0 Å². The molecular formula is C9H13BClN2O2P. The lowest BCUT2D eigenvalue weighted by molar-refractivity contribution is 0.426. The fourth-order valence-electron chi connectivity index (χ4n) is 1.43. The first-order valence-corrected chi connectivity index (χ1v) is 6.50.